The van der Waals surface area contributed by atoms with Gasteiger partial charge in [-0.2, -0.15) is 0 Å². The Morgan fingerprint density at radius 3 is 1.73 bits per heavy atom. The van der Waals surface area contributed by atoms with Crippen LogP contribution < -0.4 is 0 Å². The number of hydrogen-bond acceptors (Lipinski definition) is 6. The number of thiazole rings is 2. The maximum Gasteiger partial charge on any atom is 0.133 e. The Bertz CT molecular complexity index is 744. The van der Waals surface area contributed by atoms with Crippen molar-refractivity contribution in [3.63, 3.8) is 0 Å². The van der Waals surface area contributed by atoms with Crippen molar-refractivity contribution in [2.24, 2.45) is 0 Å². The highest BCUT2D eigenvalue weighted by molar-refractivity contribution is 7.11. The summed E-state index contributed by atoms with van der Waals surface area (Å²) in [6.07, 6.45) is 4.95. The lowest BCUT2D eigenvalue weighted by molar-refractivity contribution is 0.388. The van der Waals surface area contributed by atoms with E-state index in [0.717, 1.165) is 17.9 Å². The van der Waals surface area contributed by atoms with Gasteiger partial charge in [0.2, 0.25) is 0 Å². The number of rotatable bonds is 4. The van der Waals surface area contributed by atoms with Crippen LogP contribution in [-0.2, 0) is 6.42 Å². The minimum absolute atomic E-state index is 0. The van der Waals surface area contributed by atoms with E-state index in [1.807, 2.05) is 42.1 Å². The molecule has 0 saturated carbocycles. The van der Waals surface area contributed by atoms with Crippen molar-refractivity contribution in [2.45, 2.75) is 102 Å². The van der Waals surface area contributed by atoms with Crippen LogP contribution in [0.1, 0.15) is 115 Å². The van der Waals surface area contributed by atoms with Crippen LogP contribution >= 0.6 is 22.7 Å². The normalized spacial score (nSPS) is 9.57. The van der Waals surface area contributed by atoms with Gasteiger partial charge in [-0.1, -0.05) is 75.9 Å². The molecule has 0 aliphatic carbocycles. The quantitative estimate of drug-likeness (QED) is 0.393. The van der Waals surface area contributed by atoms with Gasteiger partial charge in [0.15, 0.2) is 0 Å². The standard InChI is InChI=1S/C8H13NS.C7H11NO.C6H9NS.3CH4/c1-4-7-5-9-8(10-7)6(2)3;1-5(2)7-4-6(3)9-8-7;1-5(2)6-7-3-4-8-6;;;/h5-6H,4H2,1-3H3;4-5H,1-3H3;3-5H,1-2H3;3*1H4. The zero-order valence-electron chi connectivity index (χ0n) is 17.8. The highest BCUT2D eigenvalue weighted by Crippen LogP contribution is 2.20. The van der Waals surface area contributed by atoms with Crippen molar-refractivity contribution in [3.8, 4) is 0 Å². The molecular formula is C24H45N3OS2. The lowest BCUT2D eigenvalue weighted by Crippen LogP contribution is -1.84. The van der Waals surface area contributed by atoms with E-state index < -0.39 is 0 Å². The summed E-state index contributed by atoms with van der Waals surface area (Å²) >= 11 is 3.55. The molecule has 0 atom stereocenters. The predicted molar refractivity (Wildman–Crippen MR) is 137 cm³/mol. The van der Waals surface area contributed by atoms with E-state index in [0.29, 0.717) is 17.8 Å². The summed E-state index contributed by atoms with van der Waals surface area (Å²) in [5.41, 5.74) is 1.03. The van der Waals surface area contributed by atoms with E-state index in [-0.39, 0.29) is 22.3 Å². The zero-order chi connectivity index (χ0) is 20.4. The molecule has 3 aromatic heterocycles. The second-order valence-corrected chi connectivity index (χ2v) is 9.29. The van der Waals surface area contributed by atoms with Crippen molar-refractivity contribution >= 4 is 22.7 Å². The van der Waals surface area contributed by atoms with E-state index in [4.69, 9.17) is 4.52 Å². The molecule has 0 fully saturated rings. The van der Waals surface area contributed by atoms with Crippen LogP contribution in [0.2, 0.25) is 0 Å². The number of aryl methyl sites for hydroxylation is 2. The highest BCUT2D eigenvalue weighted by atomic mass is 32.1. The van der Waals surface area contributed by atoms with Crippen LogP contribution in [0, 0.1) is 6.92 Å². The van der Waals surface area contributed by atoms with Crippen LogP contribution in [0.3, 0.4) is 0 Å². The summed E-state index contributed by atoms with van der Waals surface area (Å²) in [5.74, 6) is 2.54. The molecule has 0 amide bonds. The van der Waals surface area contributed by atoms with Gasteiger partial charge in [-0.15, -0.1) is 22.7 Å². The third-order valence-electron chi connectivity index (χ3n) is 3.60. The fourth-order valence-corrected chi connectivity index (χ4v) is 3.44. The van der Waals surface area contributed by atoms with Gasteiger partial charge >= 0.3 is 0 Å². The Hall–Kier alpha value is -1.53. The average molecular weight is 456 g/mol. The Kier molecular flexibility index (Phi) is 19.0. The zero-order valence-corrected chi connectivity index (χ0v) is 19.4. The van der Waals surface area contributed by atoms with Gasteiger partial charge in [-0.25, -0.2) is 9.97 Å². The van der Waals surface area contributed by atoms with Gasteiger partial charge in [0.1, 0.15) is 5.76 Å². The first kappa shape index (κ1) is 33.1. The van der Waals surface area contributed by atoms with Crippen LogP contribution in [0.4, 0.5) is 0 Å². The minimum Gasteiger partial charge on any atom is -0.361 e. The highest BCUT2D eigenvalue weighted by Gasteiger charge is 2.03. The van der Waals surface area contributed by atoms with Gasteiger partial charge in [0, 0.05) is 40.6 Å². The van der Waals surface area contributed by atoms with E-state index in [2.05, 4.69) is 63.6 Å². The molecule has 3 aromatic rings. The van der Waals surface area contributed by atoms with Gasteiger partial charge in [0.25, 0.3) is 0 Å². The summed E-state index contributed by atoms with van der Waals surface area (Å²) in [5, 5.41) is 8.34. The monoisotopic (exact) mass is 455 g/mol. The molecule has 0 unspecified atom stereocenters. The first-order chi connectivity index (χ1) is 12.7. The lowest BCUT2D eigenvalue weighted by atomic mass is 10.1. The largest absolute Gasteiger partial charge is 0.361 e. The molecule has 174 valence electrons. The van der Waals surface area contributed by atoms with Crippen molar-refractivity contribution in [1.82, 2.24) is 15.1 Å². The molecule has 3 rings (SSSR count). The average Bonchev–Trinajstić information content (AvgIpc) is 3.37. The Morgan fingerprint density at radius 2 is 1.50 bits per heavy atom. The van der Waals surface area contributed by atoms with Gasteiger partial charge in [-0.3, -0.25) is 0 Å². The molecule has 0 bridgehead atoms. The summed E-state index contributed by atoms with van der Waals surface area (Å²) in [6.45, 7) is 16.9. The molecule has 0 saturated heterocycles. The van der Waals surface area contributed by atoms with E-state index in [1.165, 1.54) is 14.9 Å². The third-order valence-corrected chi connectivity index (χ3v) is 6.12. The summed E-state index contributed by atoms with van der Waals surface area (Å²) in [6, 6.07) is 1.96. The second-order valence-electron chi connectivity index (χ2n) is 7.22. The minimum atomic E-state index is 0. The van der Waals surface area contributed by atoms with Crippen molar-refractivity contribution in [3.05, 3.63) is 50.2 Å². The molecule has 0 aliphatic rings. The van der Waals surface area contributed by atoms with Crippen LogP contribution in [0.5, 0.6) is 0 Å². The summed E-state index contributed by atoms with van der Waals surface area (Å²) in [7, 11) is 0. The van der Waals surface area contributed by atoms with Crippen molar-refractivity contribution in [2.75, 3.05) is 0 Å². The Balaban J connectivity index is -0.000000349. The SMILES string of the molecule is C.C.C.CC(C)c1nccs1.CCc1cnc(C(C)C)s1.Cc1cc(C(C)C)no1. The maximum absolute atomic E-state index is 4.88. The fourth-order valence-electron chi connectivity index (χ4n) is 1.93. The van der Waals surface area contributed by atoms with Crippen molar-refractivity contribution in [1.29, 1.82) is 0 Å². The molecule has 0 N–H and O–H groups in total. The van der Waals surface area contributed by atoms with Crippen LogP contribution in [-0.4, -0.2) is 15.1 Å². The fraction of sp³-hybridized carbons (Fsp3) is 0.625. The second kappa shape index (κ2) is 17.2. The summed E-state index contributed by atoms with van der Waals surface area (Å²) in [4.78, 5) is 9.83. The van der Waals surface area contributed by atoms with E-state index in [1.54, 1.807) is 11.3 Å². The van der Waals surface area contributed by atoms with Gasteiger partial charge < -0.3 is 4.52 Å². The first-order valence-electron chi connectivity index (χ1n) is 9.51. The molecule has 0 radical (unpaired) electrons. The smallest absolute Gasteiger partial charge is 0.133 e. The molecule has 30 heavy (non-hydrogen) atoms. The molecule has 0 aromatic carbocycles. The molecular weight excluding hydrogens is 410 g/mol. The lowest BCUT2D eigenvalue weighted by Gasteiger charge is -1.94. The van der Waals surface area contributed by atoms with Crippen LogP contribution in [0.15, 0.2) is 28.4 Å². The summed E-state index contributed by atoms with van der Waals surface area (Å²) < 4.78 is 4.88. The number of nitrogens with zero attached hydrogens (tertiary/aromatic N) is 3. The van der Waals surface area contributed by atoms with E-state index >= 15 is 0 Å². The first-order valence-corrected chi connectivity index (χ1v) is 11.2. The third kappa shape index (κ3) is 12.2. The molecule has 4 nitrogen and oxygen atoms in total. The Labute approximate surface area is 194 Å². The van der Waals surface area contributed by atoms with Crippen molar-refractivity contribution < 1.29 is 4.52 Å². The Morgan fingerprint density at radius 1 is 0.900 bits per heavy atom. The number of hydrogen-bond donors (Lipinski definition) is 0. The number of aromatic nitrogens is 3. The van der Waals surface area contributed by atoms with Gasteiger partial charge in [-0.05, 0) is 19.3 Å². The predicted octanol–water partition coefficient (Wildman–Crippen LogP) is 9.11. The van der Waals surface area contributed by atoms with Gasteiger partial charge in [0.05, 0.1) is 15.7 Å². The van der Waals surface area contributed by atoms with E-state index in [9.17, 15) is 0 Å². The maximum atomic E-state index is 4.88. The molecule has 0 spiro atoms. The molecule has 3 heterocycles. The topological polar surface area (TPSA) is 51.8 Å². The van der Waals surface area contributed by atoms with Crippen LogP contribution in [0.25, 0.3) is 0 Å². The molecule has 6 heteroatoms. The molecule has 0 aliphatic heterocycles.